The highest BCUT2D eigenvalue weighted by atomic mass is 32.1. The minimum Gasteiger partial charge on any atom is -0.465 e. The predicted octanol–water partition coefficient (Wildman–Crippen LogP) is 6.01. The molecule has 2 aromatic heterocycles. The molecule has 29 heavy (non-hydrogen) atoms. The monoisotopic (exact) mass is 425 g/mol. The molecule has 0 bridgehead atoms. The second kappa shape index (κ2) is 8.13. The predicted molar refractivity (Wildman–Crippen MR) is 119 cm³/mol. The van der Waals surface area contributed by atoms with Crippen molar-refractivity contribution >= 4 is 39.6 Å². The molecule has 0 aliphatic heterocycles. The van der Waals surface area contributed by atoms with Gasteiger partial charge in [-0.05, 0) is 61.8 Å². The number of thiophene rings is 2. The highest BCUT2D eigenvalue weighted by Crippen LogP contribution is 2.38. The number of methoxy groups -OCH3 is 1. The number of hydrogen-bond acceptors (Lipinski definition) is 5. The molecule has 4 nitrogen and oxygen atoms in total. The van der Waals surface area contributed by atoms with E-state index in [1.807, 2.05) is 24.6 Å². The fourth-order valence-electron chi connectivity index (χ4n) is 3.78. The number of rotatable bonds is 4. The standard InChI is InChI=1S/C23H23NO3S2/c1-13-14(2)28-11-18(13)21(25)24-22-20(23(26)27-3)19(12-29-22)17-9-8-15-6-4-5-7-16(15)10-17/h8-12H,4-7H2,1-3H3,(H,24,25). The van der Waals surface area contributed by atoms with Gasteiger partial charge in [-0.3, -0.25) is 4.79 Å². The van der Waals surface area contributed by atoms with Gasteiger partial charge >= 0.3 is 5.97 Å². The van der Waals surface area contributed by atoms with Gasteiger partial charge in [-0.25, -0.2) is 4.79 Å². The number of aryl methyl sites for hydroxylation is 3. The molecule has 1 aromatic carbocycles. The Hall–Kier alpha value is -2.44. The zero-order valence-electron chi connectivity index (χ0n) is 16.8. The third-order valence-electron chi connectivity index (χ3n) is 5.60. The molecule has 4 rings (SSSR count). The van der Waals surface area contributed by atoms with Crippen LogP contribution in [-0.2, 0) is 17.6 Å². The number of hydrogen-bond donors (Lipinski definition) is 1. The summed E-state index contributed by atoms with van der Waals surface area (Å²) in [7, 11) is 1.37. The Kier molecular flexibility index (Phi) is 5.56. The molecule has 0 radical (unpaired) electrons. The molecule has 2 heterocycles. The van der Waals surface area contributed by atoms with Crippen molar-refractivity contribution in [3.63, 3.8) is 0 Å². The number of carbonyl (C=O) groups is 2. The van der Waals surface area contributed by atoms with Crippen molar-refractivity contribution in [3.8, 4) is 11.1 Å². The number of esters is 1. The SMILES string of the molecule is COC(=O)c1c(-c2ccc3c(c2)CCCC3)csc1NC(=O)c1csc(C)c1C. The second-order valence-corrected chi connectivity index (χ2v) is 9.28. The molecule has 1 N–H and O–H groups in total. The summed E-state index contributed by atoms with van der Waals surface area (Å²) >= 11 is 2.91. The maximum atomic E-state index is 12.8. The summed E-state index contributed by atoms with van der Waals surface area (Å²) in [5, 5.41) is 7.25. The Morgan fingerprint density at radius 1 is 1.03 bits per heavy atom. The van der Waals surface area contributed by atoms with Crippen LogP contribution in [0.3, 0.4) is 0 Å². The van der Waals surface area contributed by atoms with Gasteiger partial charge in [0.1, 0.15) is 10.6 Å². The molecule has 1 amide bonds. The first-order chi connectivity index (χ1) is 14.0. The maximum absolute atomic E-state index is 12.8. The number of amides is 1. The van der Waals surface area contributed by atoms with E-state index in [0.717, 1.165) is 34.4 Å². The van der Waals surface area contributed by atoms with E-state index in [-0.39, 0.29) is 5.91 Å². The first-order valence-electron chi connectivity index (χ1n) is 9.67. The fraction of sp³-hybridized carbons (Fsp3) is 0.304. The third kappa shape index (κ3) is 3.74. The van der Waals surface area contributed by atoms with Gasteiger partial charge < -0.3 is 10.1 Å². The lowest BCUT2D eigenvalue weighted by molar-refractivity contribution is 0.0603. The Morgan fingerprint density at radius 3 is 2.48 bits per heavy atom. The van der Waals surface area contributed by atoms with E-state index < -0.39 is 5.97 Å². The highest BCUT2D eigenvalue weighted by molar-refractivity contribution is 7.15. The quantitative estimate of drug-likeness (QED) is 0.521. The summed E-state index contributed by atoms with van der Waals surface area (Å²) in [5.41, 5.74) is 6.59. The molecular weight excluding hydrogens is 402 g/mol. The number of nitrogens with one attached hydrogen (secondary N) is 1. The van der Waals surface area contributed by atoms with Crippen LogP contribution in [0.25, 0.3) is 11.1 Å². The van der Waals surface area contributed by atoms with Crippen LogP contribution in [0.2, 0.25) is 0 Å². The molecule has 1 aliphatic carbocycles. The minimum atomic E-state index is -0.438. The van der Waals surface area contributed by atoms with Gasteiger partial charge in [0, 0.05) is 21.2 Å². The van der Waals surface area contributed by atoms with Crippen LogP contribution in [0.5, 0.6) is 0 Å². The molecule has 150 valence electrons. The third-order valence-corrected chi connectivity index (χ3v) is 7.51. The zero-order chi connectivity index (χ0) is 20.5. The van der Waals surface area contributed by atoms with Gasteiger partial charge in [0.15, 0.2) is 0 Å². The van der Waals surface area contributed by atoms with E-state index in [1.54, 1.807) is 11.3 Å². The maximum Gasteiger partial charge on any atom is 0.341 e. The molecule has 0 fully saturated rings. The minimum absolute atomic E-state index is 0.198. The Balaban J connectivity index is 1.71. The average molecular weight is 426 g/mol. The lowest BCUT2D eigenvalue weighted by Crippen LogP contribution is -2.14. The van der Waals surface area contributed by atoms with E-state index >= 15 is 0 Å². The number of benzene rings is 1. The Morgan fingerprint density at radius 2 is 1.79 bits per heavy atom. The van der Waals surface area contributed by atoms with E-state index in [4.69, 9.17) is 4.74 Å². The van der Waals surface area contributed by atoms with E-state index in [2.05, 4.69) is 23.5 Å². The molecule has 3 aromatic rings. The van der Waals surface area contributed by atoms with Crippen LogP contribution < -0.4 is 5.32 Å². The van der Waals surface area contributed by atoms with Gasteiger partial charge in [0.05, 0.1) is 12.7 Å². The molecule has 0 spiro atoms. The summed E-state index contributed by atoms with van der Waals surface area (Å²) in [5.74, 6) is -0.636. The number of ether oxygens (including phenoxy) is 1. The van der Waals surface area contributed by atoms with E-state index in [9.17, 15) is 9.59 Å². The molecule has 6 heteroatoms. The van der Waals surface area contributed by atoms with Crippen molar-refractivity contribution in [3.05, 3.63) is 61.7 Å². The second-order valence-electron chi connectivity index (χ2n) is 7.32. The highest BCUT2D eigenvalue weighted by Gasteiger charge is 2.24. The molecule has 1 aliphatic rings. The van der Waals surface area contributed by atoms with Crippen LogP contribution in [0.15, 0.2) is 29.0 Å². The zero-order valence-corrected chi connectivity index (χ0v) is 18.4. The largest absolute Gasteiger partial charge is 0.465 e. The van der Waals surface area contributed by atoms with Gasteiger partial charge in [-0.15, -0.1) is 22.7 Å². The van der Waals surface area contributed by atoms with Crippen molar-refractivity contribution in [2.24, 2.45) is 0 Å². The molecule has 0 atom stereocenters. The molecule has 0 saturated carbocycles. The number of fused-ring (bicyclic) bond motifs is 1. The topological polar surface area (TPSA) is 55.4 Å². The van der Waals surface area contributed by atoms with Crippen LogP contribution in [-0.4, -0.2) is 19.0 Å². The summed E-state index contributed by atoms with van der Waals surface area (Å²) in [6.07, 6.45) is 4.62. The van der Waals surface area contributed by atoms with E-state index in [1.165, 1.54) is 42.4 Å². The Labute approximate surface area is 178 Å². The lowest BCUT2D eigenvalue weighted by Gasteiger charge is -2.16. The van der Waals surface area contributed by atoms with Gasteiger partial charge in [-0.1, -0.05) is 18.2 Å². The summed E-state index contributed by atoms with van der Waals surface area (Å²) < 4.78 is 5.04. The molecular formula is C23H23NO3S2. The van der Waals surface area contributed by atoms with E-state index in [0.29, 0.717) is 16.1 Å². The van der Waals surface area contributed by atoms with Crippen LogP contribution in [0, 0.1) is 13.8 Å². The van der Waals surface area contributed by atoms with Crippen molar-refractivity contribution in [1.82, 2.24) is 0 Å². The fourth-order valence-corrected chi connectivity index (χ4v) is 5.59. The first-order valence-corrected chi connectivity index (χ1v) is 11.4. The lowest BCUT2D eigenvalue weighted by atomic mass is 9.89. The van der Waals surface area contributed by atoms with Crippen molar-refractivity contribution in [2.45, 2.75) is 39.5 Å². The molecule has 0 saturated heterocycles. The first kappa shape index (κ1) is 19.9. The average Bonchev–Trinajstić information content (AvgIpc) is 3.30. The van der Waals surface area contributed by atoms with Crippen LogP contribution in [0.4, 0.5) is 5.00 Å². The summed E-state index contributed by atoms with van der Waals surface area (Å²) in [6.45, 7) is 3.94. The van der Waals surface area contributed by atoms with Gasteiger partial charge in [0.2, 0.25) is 0 Å². The van der Waals surface area contributed by atoms with Gasteiger partial charge in [0.25, 0.3) is 5.91 Å². The van der Waals surface area contributed by atoms with Crippen LogP contribution in [0.1, 0.15) is 55.1 Å². The van der Waals surface area contributed by atoms with Crippen molar-refractivity contribution < 1.29 is 14.3 Å². The smallest absolute Gasteiger partial charge is 0.341 e. The summed E-state index contributed by atoms with van der Waals surface area (Å²) in [4.78, 5) is 26.5. The van der Waals surface area contributed by atoms with Crippen LogP contribution >= 0.6 is 22.7 Å². The number of anilines is 1. The summed E-state index contributed by atoms with van der Waals surface area (Å²) in [6, 6.07) is 6.41. The molecule has 0 unspecified atom stereocenters. The normalized spacial score (nSPS) is 13.1. The van der Waals surface area contributed by atoms with Crippen molar-refractivity contribution in [1.29, 1.82) is 0 Å². The van der Waals surface area contributed by atoms with Crippen molar-refractivity contribution in [2.75, 3.05) is 12.4 Å². The van der Waals surface area contributed by atoms with Gasteiger partial charge in [-0.2, -0.15) is 0 Å². The number of carbonyl (C=O) groups excluding carboxylic acids is 2. The Bertz CT molecular complexity index is 1090.